The van der Waals surface area contributed by atoms with E-state index < -0.39 is 0 Å². The molecule has 1 aliphatic rings. The number of hydrogen-bond donors (Lipinski definition) is 1. The molecule has 1 fully saturated rings. The molecule has 0 amide bonds. The van der Waals surface area contributed by atoms with Gasteiger partial charge in [-0.3, -0.25) is 9.89 Å². The molecule has 17 heavy (non-hydrogen) atoms. The number of H-pyrrole nitrogens is 1. The van der Waals surface area contributed by atoms with Gasteiger partial charge in [0.1, 0.15) is 0 Å². The Balaban J connectivity index is 1.87. The van der Waals surface area contributed by atoms with Crippen molar-refractivity contribution in [2.24, 2.45) is 0 Å². The molecule has 2 aromatic rings. The Labute approximate surface area is 108 Å². The molecular formula is C13H13BrN2O. The van der Waals surface area contributed by atoms with Gasteiger partial charge in [0.25, 0.3) is 5.56 Å². The minimum atomic E-state index is 0.0619. The third-order valence-corrected chi connectivity index (χ3v) is 3.55. The van der Waals surface area contributed by atoms with E-state index in [0.717, 1.165) is 15.7 Å². The van der Waals surface area contributed by atoms with Crippen LogP contribution in [-0.2, 0) is 6.54 Å². The third kappa shape index (κ3) is 2.36. The van der Waals surface area contributed by atoms with Crippen molar-refractivity contribution in [3.8, 4) is 0 Å². The second-order valence-electron chi connectivity index (χ2n) is 4.54. The molecule has 4 heteroatoms. The number of aromatic amines is 1. The van der Waals surface area contributed by atoms with Crippen LogP contribution in [0.4, 0.5) is 0 Å². The molecule has 88 valence electrons. The maximum atomic E-state index is 11.8. The molecule has 1 saturated carbocycles. The van der Waals surface area contributed by atoms with Crippen molar-refractivity contribution in [3.63, 3.8) is 0 Å². The van der Waals surface area contributed by atoms with Crippen molar-refractivity contribution in [1.29, 1.82) is 0 Å². The first-order valence-electron chi connectivity index (χ1n) is 5.76. The van der Waals surface area contributed by atoms with Crippen LogP contribution in [0.3, 0.4) is 0 Å². The fourth-order valence-corrected chi connectivity index (χ4v) is 2.44. The zero-order valence-corrected chi connectivity index (χ0v) is 10.9. The average molecular weight is 293 g/mol. The highest BCUT2D eigenvalue weighted by Gasteiger charge is 2.25. The molecule has 1 N–H and O–H groups in total. The van der Waals surface area contributed by atoms with Crippen LogP contribution in [0.15, 0.2) is 39.6 Å². The summed E-state index contributed by atoms with van der Waals surface area (Å²) < 4.78 is 2.71. The molecule has 3 rings (SSSR count). The highest BCUT2D eigenvalue weighted by atomic mass is 79.9. The smallest absolute Gasteiger partial charge is 0.267 e. The average Bonchev–Trinajstić information content (AvgIpc) is 3.06. The van der Waals surface area contributed by atoms with Crippen molar-refractivity contribution in [2.45, 2.75) is 25.3 Å². The molecule has 1 aromatic carbocycles. The van der Waals surface area contributed by atoms with Crippen LogP contribution in [0.5, 0.6) is 0 Å². The minimum Gasteiger partial charge on any atom is -0.299 e. The van der Waals surface area contributed by atoms with E-state index in [0.29, 0.717) is 12.5 Å². The Kier molecular flexibility index (Phi) is 2.67. The van der Waals surface area contributed by atoms with Crippen LogP contribution >= 0.6 is 15.9 Å². The summed E-state index contributed by atoms with van der Waals surface area (Å²) in [6, 6.07) is 9.75. The van der Waals surface area contributed by atoms with Crippen molar-refractivity contribution < 1.29 is 0 Å². The zero-order valence-electron chi connectivity index (χ0n) is 9.32. The van der Waals surface area contributed by atoms with Gasteiger partial charge in [0.05, 0.1) is 6.54 Å². The van der Waals surface area contributed by atoms with Crippen molar-refractivity contribution >= 4 is 15.9 Å². The summed E-state index contributed by atoms with van der Waals surface area (Å²) in [7, 11) is 0. The predicted molar refractivity (Wildman–Crippen MR) is 70.3 cm³/mol. The predicted octanol–water partition coefficient (Wildman–Crippen LogP) is 2.86. The van der Waals surface area contributed by atoms with Crippen LogP contribution in [0.2, 0.25) is 0 Å². The third-order valence-electron chi connectivity index (χ3n) is 3.06. The maximum absolute atomic E-state index is 11.8. The highest BCUT2D eigenvalue weighted by molar-refractivity contribution is 9.10. The van der Waals surface area contributed by atoms with Gasteiger partial charge in [0, 0.05) is 22.2 Å². The van der Waals surface area contributed by atoms with Gasteiger partial charge in [0.15, 0.2) is 0 Å². The van der Waals surface area contributed by atoms with E-state index in [1.165, 1.54) is 12.8 Å². The van der Waals surface area contributed by atoms with E-state index in [-0.39, 0.29) is 5.56 Å². The standard InChI is InChI=1S/C13H13BrN2O/c14-11-3-1-2-9(6-11)8-16-13(17)7-12(15-16)10-4-5-10/h1-3,6-7,10,15H,4-5,8H2. The fourth-order valence-electron chi connectivity index (χ4n) is 1.99. The lowest BCUT2D eigenvalue weighted by molar-refractivity contribution is 0.651. The van der Waals surface area contributed by atoms with Gasteiger partial charge in [0.2, 0.25) is 0 Å². The molecule has 0 unspecified atom stereocenters. The molecule has 0 radical (unpaired) electrons. The van der Waals surface area contributed by atoms with Crippen molar-refractivity contribution in [3.05, 3.63) is 56.4 Å². The van der Waals surface area contributed by atoms with Gasteiger partial charge in [-0.1, -0.05) is 28.1 Å². The molecule has 0 aliphatic heterocycles. The monoisotopic (exact) mass is 292 g/mol. The molecule has 0 saturated heterocycles. The second-order valence-corrected chi connectivity index (χ2v) is 5.46. The lowest BCUT2D eigenvalue weighted by Crippen LogP contribution is -2.16. The Hall–Kier alpha value is -1.29. The Morgan fingerprint density at radius 1 is 1.35 bits per heavy atom. The maximum Gasteiger partial charge on any atom is 0.267 e. The number of halogens is 1. The SMILES string of the molecule is O=c1cc(C2CC2)[nH]n1Cc1cccc(Br)c1. The number of hydrogen-bond acceptors (Lipinski definition) is 1. The summed E-state index contributed by atoms with van der Waals surface area (Å²) >= 11 is 3.43. The van der Waals surface area contributed by atoms with E-state index in [1.807, 2.05) is 24.3 Å². The summed E-state index contributed by atoms with van der Waals surface area (Å²) in [5, 5.41) is 3.20. The van der Waals surface area contributed by atoms with Gasteiger partial charge in [-0.2, -0.15) is 0 Å². The summed E-state index contributed by atoms with van der Waals surface area (Å²) in [5.41, 5.74) is 2.27. The second kappa shape index (κ2) is 4.18. The van der Waals surface area contributed by atoms with Crippen LogP contribution in [0.25, 0.3) is 0 Å². The summed E-state index contributed by atoms with van der Waals surface area (Å²) in [6.45, 7) is 0.602. The number of nitrogens with zero attached hydrogens (tertiary/aromatic N) is 1. The quantitative estimate of drug-likeness (QED) is 0.928. The summed E-state index contributed by atoms with van der Waals surface area (Å²) in [6.07, 6.45) is 2.41. The molecular weight excluding hydrogens is 280 g/mol. The lowest BCUT2D eigenvalue weighted by Gasteiger charge is -2.03. The van der Waals surface area contributed by atoms with Crippen LogP contribution in [-0.4, -0.2) is 9.78 Å². The van der Waals surface area contributed by atoms with E-state index in [9.17, 15) is 4.79 Å². The first-order chi connectivity index (χ1) is 8.22. The van der Waals surface area contributed by atoms with Crippen LogP contribution in [0.1, 0.15) is 30.0 Å². The zero-order chi connectivity index (χ0) is 11.8. The molecule has 0 atom stereocenters. The molecule has 3 nitrogen and oxygen atoms in total. The highest BCUT2D eigenvalue weighted by Crippen LogP contribution is 2.38. The number of rotatable bonds is 3. The molecule has 0 spiro atoms. The van der Waals surface area contributed by atoms with Gasteiger partial charge >= 0.3 is 0 Å². The first-order valence-corrected chi connectivity index (χ1v) is 6.56. The van der Waals surface area contributed by atoms with E-state index in [2.05, 4.69) is 21.0 Å². The number of nitrogens with one attached hydrogen (secondary N) is 1. The Bertz CT molecular complexity index is 595. The Morgan fingerprint density at radius 2 is 2.18 bits per heavy atom. The molecule has 1 aromatic heterocycles. The first kappa shape index (κ1) is 10.8. The van der Waals surface area contributed by atoms with Gasteiger partial charge in [-0.25, -0.2) is 4.68 Å². The molecule has 0 bridgehead atoms. The topological polar surface area (TPSA) is 37.8 Å². The summed E-state index contributed by atoms with van der Waals surface area (Å²) in [5.74, 6) is 0.589. The fraction of sp³-hybridized carbons (Fsp3) is 0.308. The lowest BCUT2D eigenvalue weighted by atomic mass is 10.2. The number of aromatic nitrogens is 2. The van der Waals surface area contributed by atoms with E-state index in [4.69, 9.17) is 0 Å². The molecule has 1 aliphatic carbocycles. The molecule has 1 heterocycles. The van der Waals surface area contributed by atoms with Crippen molar-refractivity contribution in [1.82, 2.24) is 9.78 Å². The summed E-state index contributed by atoms with van der Waals surface area (Å²) in [4.78, 5) is 11.8. The number of benzene rings is 1. The minimum absolute atomic E-state index is 0.0619. The van der Waals surface area contributed by atoms with Gasteiger partial charge in [-0.05, 0) is 30.5 Å². The van der Waals surface area contributed by atoms with E-state index in [1.54, 1.807) is 10.7 Å². The van der Waals surface area contributed by atoms with Gasteiger partial charge < -0.3 is 0 Å². The largest absolute Gasteiger partial charge is 0.299 e. The van der Waals surface area contributed by atoms with Crippen LogP contribution in [0, 0.1) is 0 Å². The van der Waals surface area contributed by atoms with Crippen LogP contribution < -0.4 is 5.56 Å². The normalized spacial score (nSPS) is 15.1. The van der Waals surface area contributed by atoms with Crippen molar-refractivity contribution in [2.75, 3.05) is 0 Å². The van der Waals surface area contributed by atoms with Gasteiger partial charge in [-0.15, -0.1) is 0 Å². The Morgan fingerprint density at radius 3 is 2.88 bits per heavy atom. The van der Waals surface area contributed by atoms with E-state index >= 15 is 0 Å².